The standard InChI is InChI=1S/C11H22N2O2/c1-8-6-12-7-9(8)10(15)13-11(2,3)4-5-14/h8-9,12,14H,4-7H2,1-3H3,(H,13,15). The number of aliphatic hydroxyl groups excluding tert-OH is 1. The molecule has 1 aliphatic heterocycles. The van der Waals surface area contributed by atoms with Gasteiger partial charge in [-0.2, -0.15) is 0 Å². The molecule has 1 amide bonds. The van der Waals surface area contributed by atoms with E-state index in [1.165, 1.54) is 0 Å². The lowest BCUT2D eigenvalue weighted by molar-refractivity contribution is -0.127. The van der Waals surface area contributed by atoms with Crippen molar-refractivity contribution in [2.75, 3.05) is 19.7 Å². The van der Waals surface area contributed by atoms with Gasteiger partial charge in [-0.1, -0.05) is 6.92 Å². The smallest absolute Gasteiger partial charge is 0.225 e. The summed E-state index contributed by atoms with van der Waals surface area (Å²) >= 11 is 0. The normalized spacial score (nSPS) is 26.7. The van der Waals surface area contributed by atoms with E-state index in [0.29, 0.717) is 12.3 Å². The van der Waals surface area contributed by atoms with Crippen LogP contribution in [0.15, 0.2) is 0 Å². The van der Waals surface area contributed by atoms with Crippen LogP contribution in [0.3, 0.4) is 0 Å². The van der Waals surface area contributed by atoms with Gasteiger partial charge >= 0.3 is 0 Å². The number of amides is 1. The topological polar surface area (TPSA) is 61.4 Å². The summed E-state index contributed by atoms with van der Waals surface area (Å²) < 4.78 is 0. The van der Waals surface area contributed by atoms with Gasteiger partial charge in [-0.25, -0.2) is 0 Å². The van der Waals surface area contributed by atoms with E-state index in [4.69, 9.17) is 5.11 Å². The number of rotatable bonds is 4. The maximum atomic E-state index is 11.9. The molecule has 0 aromatic carbocycles. The molecule has 4 nitrogen and oxygen atoms in total. The summed E-state index contributed by atoms with van der Waals surface area (Å²) in [5.41, 5.74) is -0.311. The summed E-state index contributed by atoms with van der Waals surface area (Å²) in [5.74, 6) is 0.573. The van der Waals surface area contributed by atoms with Gasteiger partial charge in [0.1, 0.15) is 0 Å². The molecule has 0 aromatic heterocycles. The predicted molar refractivity (Wildman–Crippen MR) is 59.4 cm³/mol. The highest BCUT2D eigenvalue weighted by molar-refractivity contribution is 5.80. The van der Waals surface area contributed by atoms with Crippen molar-refractivity contribution < 1.29 is 9.90 Å². The Labute approximate surface area is 91.4 Å². The van der Waals surface area contributed by atoms with Crippen LogP contribution in [0, 0.1) is 11.8 Å². The van der Waals surface area contributed by atoms with Gasteiger partial charge in [0.25, 0.3) is 0 Å². The number of hydrogen-bond acceptors (Lipinski definition) is 3. The fraction of sp³-hybridized carbons (Fsp3) is 0.909. The molecule has 0 radical (unpaired) electrons. The van der Waals surface area contributed by atoms with Crippen molar-refractivity contribution >= 4 is 5.91 Å². The Morgan fingerprint density at radius 2 is 2.20 bits per heavy atom. The van der Waals surface area contributed by atoms with E-state index in [1.807, 2.05) is 13.8 Å². The summed E-state index contributed by atoms with van der Waals surface area (Å²) in [6.45, 7) is 7.75. The Hall–Kier alpha value is -0.610. The SMILES string of the molecule is CC1CNCC1C(=O)NC(C)(C)CCO. The lowest BCUT2D eigenvalue weighted by Gasteiger charge is -2.27. The summed E-state index contributed by atoms with van der Waals surface area (Å²) in [4.78, 5) is 11.9. The van der Waals surface area contributed by atoms with Gasteiger partial charge in [0, 0.05) is 18.7 Å². The molecular weight excluding hydrogens is 192 g/mol. The molecule has 0 spiro atoms. The van der Waals surface area contributed by atoms with Crippen molar-refractivity contribution in [3.63, 3.8) is 0 Å². The predicted octanol–water partition coefficient (Wildman–Crippen LogP) is 0.119. The van der Waals surface area contributed by atoms with Crippen LogP contribution in [0.5, 0.6) is 0 Å². The third-order valence-corrected chi connectivity index (χ3v) is 3.05. The minimum Gasteiger partial charge on any atom is -0.396 e. The highest BCUT2D eigenvalue weighted by Crippen LogP contribution is 2.18. The zero-order chi connectivity index (χ0) is 11.5. The summed E-state index contributed by atoms with van der Waals surface area (Å²) in [6.07, 6.45) is 0.591. The molecule has 0 aliphatic carbocycles. The molecule has 1 fully saturated rings. The molecule has 2 atom stereocenters. The number of hydrogen-bond donors (Lipinski definition) is 3. The first-order chi connectivity index (χ1) is 6.96. The zero-order valence-electron chi connectivity index (χ0n) is 9.84. The van der Waals surface area contributed by atoms with Crippen molar-refractivity contribution in [1.82, 2.24) is 10.6 Å². The van der Waals surface area contributed by atoms with Gasteiger partial charge in [0.15, 0.2) is 0 Å². The Bertz CT molecular complexity index is 229. The van der Waals surface area contributed by atoms with E-state index in [2.05, 4.69) is 17.6 Å². The molecule has 4 heteroatoms. The average Bonchev–Trinajstić information content (AvgIpc) is 2.50. The third kappa shape index (κ3) is 3.47. The van der Waals surface area contributed by atoms with Gasteiger partial charge in [0.05, 0.1) is 5.92 Å². The second kappa shape index (κ2) is 4.94. The summed E-state index contributed by atoms with van der Waals surface area (Å²) in [6, 6.07) is 0. The molecule has 3 N–H and O–H groups in total. The van der Waals surface area contributed by atoms with Crippen molar-refractivity contribution in [2.45, 2.75) is 32.7 Å². The lowest BCUT2D eigenvalue weighted by atomic mass is 9.94. The maximum absolute atomic E-state index is 11.9. The van der Waals surface area contributed by atoms with Crippen LogP contribution in [0.2, 0.25) is 0 Å². The summed E-state index contributed by atoms with van der Waals surface area (Å²) in [5, 5.41) is 15.1. The van der Waals surface area contributed by atoms with E-state index >= 15 is 0 Å². The Kier molecular flexibility index (Phi) is 4.11. The van der Waals surface area contributed by atoms with Crippen LogP contribution in [0.1, 0.15) is 27.2 Å². The van der Waals surface area contributed by atoms with Gasteiger partial charge in [-0.05, 0) is 32.7 Å². The minimum atomic E-state index is -0.311. The zero-order valence-corrected chi connectivity index (χ0v) is 9.84. The van der Waals surface area contributed by atoms with E-state index in [-0.39, 0.29) is 24.0 Å². The first-order valence-electron chi connectivity index (χ1n) is 5.60. The average molecular weight is 214 g/mol. The highest BCUT2D eigenvalue weighted by atomic mass is 16.3. The number of aliphatic hydroxyl groups is 1. The second-order valence-electron chi connectivity index (χ2n) is 5.09. The van der Waals surface area contributed by atoms with Crippen molar-refractivity contribution in [2.24, 2.45) is 11.8 Å². The number of carbonyl (C=O) groups excluding carboxylic acids is 1. The maximum Gasteiger partial charge on any atom is 0.225 e. The highest BCUT2D eigenvalue weighted by Gasteiger charge is 2.32. The molecule has 1 heterocycles. The van der Waals surface area contributed by atoms with Gasteiger partial charge in [0.2, 0.25) is 5.91 Å². The molecule has 1 rings (SSSR count). The molecule has 15 heavy (non-hydrogen) atoms. The van der Waals surface area contributed by atoms with E-state index < -0.39 is 0 Å². The van der Waals surface area contributed by atoms with E-state index in [1.54, 1.807) is 0 Å². The van der Waals surface area contributed by atoms with Crippen LogP contribution in [-0.2, 0) is 4.79 Å². The van der Waals surface area contributed by atoms with Crippen LogP contribution < -0.4 is 10.6 Å². The largest absolute Gasteiger partial charge is 0.396 e. The van der Waals surface area contributed by atoms with Crippen LogP contribution in [0.4, 0.5) is 0 Å². The Balaban J connectivity index is 2.47. The quantitative estimate of drug-likeness (QED) is 0.623. The lowest BCUT2D eigenvalue weighted by Crippen LogP contribution is -2.47. The first-order valence-corrected chi connectivity index (χ1v) is 5.60. The van der Waals surface area contributed by atoms with Crippen molar-refractivity contribution in [1.29, 1.82) is 0 Å². The minimum absolute atomic E-state index is 0.0722. The molecule has 0 aromatic rings. The van der Waals surface area contributed by atoms with Crippen LogP contribution >= 0.6 is 0 Å². The monoisotopic (exact) mass is 214 g/mol. The van der Waals surface area contributed by atoms with Crippen molar-refractivity contribution in [3.05, 3.63) is 0 Å². The van der Waals surface area contributed by atoms with Crippen LogP contribution in [-0.4, -0.2) is 36.2 Å². The Morgan fingerprint density at radius 1 is 1.53 bits per heavy atom. The molecule has 0 saturated carbocycles. The molecule has 1 saturated heterocycles. The van der Waals surface area contributed by atoms with Gasteiger partial charge < -0.3 is 15.7 Å². The molecular formula is C11H22N2O2. The van der Waals surface area contributed by atoms with Crippen LogP contribution in [0.25, 0.3) is 0 Å². The molecule has 0 bridgehead atoms. The second-order valence-corrected chi connectivity index (χ2v) is 5.09. The fourth-order valence-electron chi connectivity index (χ4n) is 1.93. The third-order valence-electron chi connectivity index (χ3n) is 3.05. The van der Waals surface area contributed by atoms with Crippen molar-refractivity contribution in [3.8, 4) is 0 Å². The number of carbonyl (C=O) groups is 1. The summed E-state index contributed by atoms with van der Waals surface area (Å²) in [7, 11) is 0. The van der Waals surface area contributed by atoms with Gasteiger partial charge in [-0.15, -0.1) is 0 Å². The van der Waals surface area contributed by atoms with Gasteiger partial charge in [-0.3, -0.25) is 4.79 Å². The fourth-order valence-corrected chi connectivity index (χ4v) is 1.93. The Morgan fingerprint density at radius 3 is 2.67 bits per heavy atom. The molecule has 1 aliphatic rings. The van der Waals surface area contributed by atoms with E-state index in [0.717, 1.165) is 13.1 Å². The molecule has 88 valence electrons. The van der Waals surface area contributed by atoms with E-state index in [9.17, 15) is 4.79 Å². The first kappa shape index (κ1) is 12.5. The molecule has 2 unspecified atom stereocenters. The number of nitrogens with one attached hydrogen (secondary N) is 2.